The van der Waals surface area contributed by atoms with Gasteiger partial charge in [-0.15, -0.1) is 0 Å². The van der Waals surface area contributed by atoms with Gasteiger partial charge in [0.2, 0.25) is 10.0 Å². The van der Waals surface area contributed by atoms with E-state index in [1.807, 2.05) is 6.92 Å². The Balaban J connectivity index is 2.20. The first kappa shape index (κ1) is 14.8. The van der Waals surface area contributed by atoms with Crippen molar-refractivity contribution >= 4 is 10.0 Å². The lowest BCUT2D eigenvalue weighted by Gasteiger charge is -2.22. The van der Waals surface area contributed by atoms with Crippen LogP contribution >= 0.6 is 0 Å². The van der Waals surface area contributed by atoms with Gasteiger partial charge < -0.3 is 4.74 Å². The highest BCUT2D eigenvalue weighted by Gasteiger charge is 2.44. The molecule has 1 aliphatic rings. The SMILES string of the molecule is CCOc1ccc(S(=O)(=O)N[C@@](C)(C#N)C2CC2)cc1. The van der Waals surface area contributed by atoms with Crippen molar-refractivity contribution in [3.63, 3.8) is 0 Å². The molecule has 108 valence electrons. The fourth-order valence-electron chi connectivity index (χ4n) is 2.08. The van der Waals surface area contributed by atoms with Gasteiger partial charge in [0.05, 0.1) is 17.6 Å². The van der Waals surface area contributed by atoms with E-state index in [2.05, 4.69) is 10.8 Å². The van der Waals surface area contributed by atoms with E-state index in [1.54, 1.807) is 19.1 Å². The van der Waals surface area contributed by atoms with Crippen molar-refractivity contribution in [2.75, 3.05) is 6.61 Å². The molecule has 0 unspecified atom stereocenters. The molecule has 1 aromatic rings. The molecule has 20 heavy (non-hydrogen) atoms. The monoisotopic (exact) mass is 294 g/mol. The van der Waals surface area contributed by atoms with Crippen molar-refractivity contribution in [2.45, 2.75) is 37.1 Å². The minimum absolute atomic E-state index is 0.102. The van der Waals surface area contributed by atoms with E-state index < -0.39 is 15.6 Å². The Morgan fingerprint density at radius 2 is 2.00 bits per heavy atom. The standard InChI is InChI=1S/C14H18N2O3S/c1-3-19-12-6-8-13(9-7-12)20(17,18)16-14(2,10-15)11-4-5-11/h6-9,11,16H,3-5H2,1-2H3/t14-/m0/s1. The average Bonchev–Trinajstić information content (AvgIpc) is 3.24. The second kappa shape index (κ2) is 5.43. The quantitative estimate of drug-likeness (QED) is 0.871. The van der Waals surface area contributed by atoms with Crippen molar-refractivity contribution in [1.82, 2.24) is 4.72 Å². The van der Waals surface area contributed by atoms with Gasteiger partial charge in [0.25, 0.3) is 0 Å². The van der Waals surface area contributed by atoms with Crippen LogP contribution in [0.2, 0.25) is 0 Å². The molecule has 0 radical (unpaired) electrons. The number of sulfonamides is 1. The van der Waals surface area contributed by atoms with E-state index in [9.17, 15) is 13.7 Å². The second-order valence-electron chi connectivity index (χ2n) is 5.10. The molecule has 0 aromatic heterocycles. The van der Waals surface area contributed by atoms with Crippen LogP contribution in [0.5, 0.6) is 5.75 Å². The van der Waals surface area contributed by atoms with Gasteiger partial charge in [-0.2, -0.15) is 9.98 Å². The van der Waals surface area contributed by atoms with Crippen molar-refractivity contribution in [2.24, 2.45) is 5.92 Å². The molecule has 1 aliphatic carbocycles. The molecule has 0 saturated heterocycles. The van der Waals surface area contributed by atoms with Crippen LogP contribution in [0.25, 0.3) is 0 Å². The highest BCUT2D eigenvalue weighted by atomic mass is 32.2. The maximum Gasteiger partial charge on any atom is 0.241 e. The maximum absolute atomic E-state index is 12.3. The van der Waals surface area contributed by atoms with E-state index in [0.29, 0.717) is 12.4 Å². The van der Waals surface area contributed by atoms with Crippen LogP contribution in [0.1, 0.15) is 26.7 Å². The largest absolute Gasteiger partial charge is 0.494 e. The molecule has 6 heteroatoms. The molecule has 1 saturated carbocycles. The van der Waals surface area contributed by atoms with Gasteiger partial charge in [-0.1, -0.05) is 0 Å². The third kappa shape index (κ3) is 3.11. The Morgan fingerprint density at radius 3 is 2.45 bits per heavy atom. The summed E-state index contributed by atoms with van der Waals surface area (Å²) in [6.45, 7) is 4.02. The van der Waals surface area contributed by atoms with Crippen LogP contribution in [-0.2, 0) is 10.0 Å². The van der Waals surface area contributed by atoms with Crippen LogP contribution in [0.3, 0.4) is 0 Å². The lowest BCUT2D eigenvalue weighted by Crippen LogP contribution is -2.46. The number of nitriles is 1. The van der Waals surface area contributed by atoms with E-state index in [0.717, 1.165) is 12.8 Å². The third-order valence-corrected chi connectivity index (χ3v) is 5.00. The lowest BCUT2D eigenvalue weighted by molar-refractivity contribution is 0.340. The smallest absolute Gasteiger partial charge is 0.241 e. The maximum atomic E-state index is 12.3. The predicted molar refractivity (Wildman–Crippen MR) is 74.7 cm³/mol. The Bertz CT molecular complexity index is 615. The molecular weight excluding hydrogens is 276 g/mol. The summed E-state index contributed by atoms with van der Waals surface area (Å²) >= 11 is 0. The molecular formula is C14H18N2O3S. The van der Waals surface area contributed by atoms with Gasteiger partial charge in [-0.05, 0) is 56.9 Å². The van der Waals surface area contributed by atoms with E-state index >= 15 is 0 Å². The van der Waals surface area contributed by atoms with Crippen LogP contribution < -0.4 is 9.46 Å². The van der Waals surface area contributed by atoms with Crippen molar-refractivity contribution in [3.05, 3.63) is 24.3 Å². The van der Waals surface area contributed by atoms with Crippen molar-refractivity contribution in [3.8, 4) is 11.8 Å². The number of hydrogen-bond donors (Lipinski definition) is 1. The number of hydrogen-bond acceptors (Lipinski definition) is 4. The summed E-state index contributed by atoms with van der Waals surface area (Å²) in [7, 11) is -3.69. The second-order valence-corrected chi connectivity index (χ2v) is 6.78. The van der Waals surface area contributed by atoms with Crippen molar-refractivity contribution < 1.29 is 13.2 Å². The van der Waals surface area contributed by atoms with Crippen molar-refractivity contribution in [1.29, 1.82) is 5.26 Å². The molecule has 0 heterocycles. The summed E-state index contributed by atoms with van der Waals surface area (Å²) in [6.07, 6.45) is 1.77. The lowest BCUT2D eigenvalue weighted by atomic mass is 10.0. The van der Waals surface area contributed by atoms with Crippen LogP contribution in [-0.4, -0.2) is 20.6 Å². The minimum atomic E-state index is -3.69. The molecule has 5 nitrogen and oxygen atoms in total. The normalized spacial score (nSPS) is 18.1. The number of nitrogens with one attached hydrogen (secondary N) is 1. The molecule has 1 N–H and O–H groups in total. The third-order valence-electron chi connectivity index (χ3n) is 3.42. The molecule has 0 bridgehead atoms. The summed E-state index contributed by atoms with van der Waals surface area (Å²) in [5.41, 5.74) is -1.03. The molecule has 0 spiro atoms. The van der Waals surface area contributed by atoms with Gasteiger partial charge >= 0.3 is 0 Å². The van der Waals surface area contributed by atoms with E-state index in [-0.39, 0.29) is 10.8 Å². The Morgan fingerprint density at radius 1 is 1.40 bits per heavy atom. The fourth-order valence-corrected chi connectivity index (χ4v) is 3.46. The highest BCUT2D eigenvalue weighted by Crippen LogP contribution is 2.39. The summed E-state index contributed by atoms with van der Waals surface area (Å²) in [4.78, 5) is 0.142. The van der Waals surface area contributed by atoms with Gasteiger partial charge in [0, 0.05) is 0 Å². The summed E-state index contributed by atoms with van der Waals surface area (Å²) < 4.78 is 32.4. The average molecular weight is 294 g/mol. The van der Waals surface area contributed by atoms with Crippen LogP contribution in [0.15, 0.2) is 29.2 Å². The number of ether oxygens (including phenoxy) is 1. The first-order chi connectivity index (χ1) is 9.41. The Hall–Kier alpha value is -1.58. The van der Waals surface area contributed by atoms with Gasteiger partial charge in [-0.3, -0.25) is 0 Å². The zero-order chi connectivity index (χ0) is 14.8. The number of benzene rings is 1. The molecule has 1 aromatic carbocycles. The molecule has 0 amide bonds. The van der Waals surface area contributed by atoms with Crippen LogP contribution in [0, 0.1) is 17.2 Å². The summed E-state index contributed by atoms with van der Waals surface area (Å²) in [5, 5.41) is 9.22. The first-order valence-corrected chi connectivity index (χ1v) is 8.07. The Kier molecular flexibility index (Phi) is 4.02. The first-order valence-electron chi connectivity index (χ1n) is 6.59. The number of nitrogens with zero attached hydrogens (tertiary/aromatic N) is 1. The van der Waals surface area contributed by atoms with Crippen LogP contribution in [0.4, 0.5) is 0 Å². The predicted octanol–water partition coefficient (Wildman–Crippen LogP) is 2.06. The minimum Gasteiger partial charge on any atom is -0.494 e. The van der Waals surface area contributed by atoms with E-state index in [1.165, 1.54) is 12.1 Å². The van der Waals surface area contributed by atoms with Gasteiger partial charge in [0.1, 0.15) is 11.3 Å². The van der Waals surface area contributed by atoms with Gasteiger partial charge in [-0.25, -0.2) is 8.42 Å². The topological polar surface area (TPSA) is 79.2 Å². The zero-order valence-corrected chi connectivity index (χ0v) is 12.4. The molecule has 1 atom stereocenters. The molecule has 1 fully saturated rings. The fraction of sp³-hybridized carbons (Fsp3) is 0.500. The van der Waals surface area contributed by atoms with Gasteiger partial charge in [0.15, 0.2) is 0 Å². The zero-order valence-electron chi connectivity index (χ0n) is 11.6. The highest BCUT2D eigenvalue weighted by molar-refractivity contribution is 7.89. The Labute approximate surface area is 119 Å². The van der Waals surface area contributed by atoms with E-state index in [4.69, 9.17) is 4.74 Å². The summed E-state index contributed by atoms with van der Waals surface area (Å²) in [6, 6.07) is 8.27. The summed E-state index contributed by atoms with van der Waals surface area (Å²) in [5.74, 6) is 0.724. The number of rotatable bonds is 6. The molecule has 2 rings (SSSR count). The molecule has 0 aliphatic heterocycles.